The Morgan fingerprint density at radius 1 is 1.40 bits per heavy atom. The molecule has 0 saturated heterocycles. The standard InChI is InChI=1S/C13H15BrN4O2/c1-8(2)11-12(18(19)20)13(15)17(16-11)7-9-3-5-10(14)6-4-9/h3-6,8H,7,15H2,1-2H3. The van der Waals surface area contributed by atoms with Crippen molar-refractivity contribution in [2.24, 2.45) is 0 Å². The fourth-order valence-electron chi connectivity index (χ4n) is 1.94. The van der Waals surface area contributed by atoms with Gasteiger partial charge in [0.2, 0.25) is 5.82 Å². The Balaban J connectivity index is 2.40. The second kappa shape index (κ2) is 5.62. The highest BCUT2D eigenvalue weighted by atomic mass is 79.9. The highest BCUT2D eigenvalue weighted by Crippen LogP contribution is 2.31. The molecule has 0 aliphatic heterocycles. The average Bonchev–Trinajstić information content (AvgIpc) is 2.70. The zero-order valence-electron chi connectivity index (χ0n) is 11.2. The summed E-state index contributed by atoms with van der Waals surface area (Å²) in [6, 6.07) is 7.66. The van der Waals surface area contributed by atoms with Gasteiger partial charge in [-0.3, -0.25) is 10.1 Å². The fraction of sp³-hybridized carbons (Fsp3) is 0.308. The second-order valence-corrected chi connectivity index (χ2v) is 5.73. The van der Waals surface area contributed by atoms with Crippen molar-refractivity contribution in [3.8, 4) is 0 Å². The van der Waals surface area contributed by atoms with Gasteiger partial charge in [0.25, 0.3) is 0 Å². The molecule has 0 aliphatic carbocycles. The molecule has 0 bridgehead atoms. The molecule has 0 fully saturated rings. The SMILES string of the molecule is CC(C)c1nn(Cc2ccc(Br)cc2)c(N)c1[N+](=O)[O-]. The molecular weight excluding hydrogens is 324 g/mol. The molecule has 6 nitrogen and oxygen atoms in total. The van der Waals surface area contributed by atoms with Crippen LogP contribution in [0, 0.1) is 10.1 Å². The van der Waals surface area contributed by atoms with Crippen LogP contribution in [0.4, 0.5) is 11.5 Å². The van der Waals surface area contributed by atoms with Crippen molar-refractivity contribution >= 4 is 27.4 Å². The minimum Gasteiger partial charge on any atom is -0.378 e. The highest BCUT2D eigenvalue weighted by molar-refractivity contribution is 9.10. The third-order valence-corrected chi connectivity index (χ3v) is 3.50. The third-order valence-electron chi connectivity index (χ3n) is 2.97. The molecule has 106 valence electrons. The fourth-order valence-corrected chi connectivity index (χ4v) is 2.21. The molecule has 2 aromatic rings. The number of aromatic nitrogens is 2. The van der Waals surface area contributed by atoms with Crippen LogP contribution in [0.2, 0.25) is 0 Å². The van der Waals surface area contributed by atoms with Crippen molar-refractivity contribution in [3.05, 3.63) is 50.1 Å². The molecule has 1 heterocycles. The van der Waals surface area contributed by atoms with E-state index in [4.69, 9.17) is 5.73 Å². The van der Waals surface area contributed by atoms with Crippen molar-refractivity contribution in [3.63, 3.8) is 0 Å². The number of nitrogen functional groups attached to an aromatic ring is 1. The summed E-state index contributed by atoms with van der Waals surface area (Å²) < 4.78 is 2.46. The van der Waals surface area contributed by atoms with Crippen LogP contribution in [0.25, 0.3) is 0 Å². The summed E-state index contributed by atoms with van der Waals surface area (Å²) in [7, 11) is 0. The lowest BCUT2D eigenvalue weighted by Crippen LogP contribution is -2.06. The molecule has 2 rings (SSSR count). The van der Waals surface area contributed by atoms with Crippen LogP contribution in [0.5, 0.6) is 0 Å². The van der Waals surface area contributed by atoms with E-state index in [2.05, 4.69) is 21.0 Å². The first kappa shape index (κ1) is 14.5. The minimum absolute atomic E-state index is 0.0520. The van der Waals surface area contributed by atoms with E-state index < -0.39 is 4.92 Å². The maximum Gasteiger partial charge on any atom is 0.334 e. The van der Waals surface area contributed by atoms with Gasteiger partial charge < -0.3 is 5.73 Å². The predicted molar refractivity (Wildman–Crippen MR) is 80.6 cm³/mol. The molecular formula is C13H15BrN4O2. The number of rotatable bonds is 4. The Kier molecular flexibility index (Phi) is 4.08. The Morgan fingerprint density at radius 2 is 2.00 bits per heavy atom. The summed E-state index contributed by atoms with van der Waals surface area (Å²) in [5.74, 6) is 0.0467. The van der Waals surface area contributed by atoms with Gasteiger partial charge in [-0.2, -0.15) is 5.10 Å². The van der Waals surface area contributed by atoms with Crippen LogP contribution in [0.15, 0.2) is 28.7 Å². The maximum absolute atomic E-state index is 11.1. The average molecular weight is 339 g/mol. The number of hydrogen-bond acceptors (Lipinski definition) is 4. The quantitative estimate of drug-likeness (QED) is 0.684. The first-order chi connectivity index (χ1) is 9.40. The zero-order chi connectivity index (χ0) is 14.9. The van der Waals surface area contributed by atoms with Crippen LogP contribution >= 0.6 is 15.9 Å². The van der Waals surface area contributed by atoms with E-state index in [-0.39, 0.29) is 17.4 Å². The third kappa shape index (κ3) is 2.82. The first-order valence-corrected chi connectivity index (χ1v) is 6.94. The topological polar surface area (TPSA) is 87.0 Å². The lowest BCUT2D eigenvalue weighted by atomic mass is 10.1. The van der Waals surface area contributed by atoms with Crippen LogP contribution in [-0.2, 0) is 6.54 Å². The number of benzene rings is 1. The van der Waals surface area contributed by atoms with Crippen molar-refractivity contribution < 1.29 is 4.92 Å². The smallest absolute Gasteiger partial charge is 0.334 e. The number of hydrogen-bond donors (Lipinski definition) is 1. The summed E-state index contributed by atoms with van der Waals surface area (Å²) >= 11 is 3.36. The predicted octanol–water partition coefficient (Wildman–Crippen LogP) is 3.31. The number of nitrogens with two attached hydrogens (primary N) is 1. The van der Waals surface area contributed by atoms with E-state index in [9.17, 15) is 10.1 Å². The Labute approximate surface area is 124 Å². The zero-order valence-corrected chi connectivity index (χ0v) is 12.8. The molecule has 0 saturated carbocycles. The van der Waals surface area contributed by atoms with E-state index in [1.165, 1.54) is 4.68 Å². The normalized spacial score (nSPS) is 11.0. The van der Waals surface area contributed by atoms with Gasteiger partial charge in [0.05, 0.1) is 11.5 Å². The highest BCUT2D eigenvalue weighted by Gasteiger charge is 2.27. The summed E-state index contributed by atoms with van der Waals surface area (Å²) in [5, 5.41) is 15.4. The molecule has 0 amide bonds. The molecule has 7 heteroatoms. The van der Waals surface area contributed by atoms with Crippen molar-refractivity contribution in [1.82, 2.24) is 9.78 Å². The Hall–Kier alpha value is -1.89. The van der Waals surface area contributed by atoms with Gasteiger partial charge in [0.1, 0.15) is 5.69 Å². The molecule has 0 unspecified atom stereocenters. The van der Waals surface area contributed by atoms with Crippen LogP contribution < -0.4 is 5.73 Å². The van der Waals surface area contributed by atoms with E-state index in [0.29, 0.717) is 12.2 Å². The van der Waals surface area contributed by atoms with Crippen LogP contribution in [0.1, 0.15) is 31.0 Å². The molecule has 0 radical (unpaired) electrons. The molecule has 20 heavy (non-hydrogen) atoms. The molecule has 1 aromatic carbocycles. The number of nitro groups is 1. The Morgan fingerprint density at radius 3 is 2.45 bits per heavy atom. The molecule has 1 aromatic heterocycles. The van der Waals surface area contributed by atoms with Crippen molar-refractivity contribution in [2.75, 3.05) is 5.73 Å². The van der Waals surface area contributed by atoms with E-state index in [0.717, 1.165) is 10.0 Å². The summed E-state index contributed by atoms with van der Waals surface area (Å²) in [6.07, 6.45) is 0. The van der Waals surface area contributed by atoms with E-state index in [1.807, 2.05) is 38.1 Å². The van der Waals surface area contributed by atoms with Gasteiger partial charge in [-0.25, -0.2) is 4.68 Å². The van der Waals surface area contributed by atoms with Gasteiger partial charge in [0.15, 0.2) is 0 Å². The molecule has 2 N–H and O–H groups in total. The number of halogens is 1. The summed E-state index contributed by atoms with van der Waals surface area (Å²) in [4.78, 5) is 10.7. The number of anilines is 1. The Bertz CT molecular complexity index is 635. The van der Waals surface area contributed by atoms with Crippen LogP contribution in [-0.4, -0.2) is 14.7 Å². The lowest BCUT2D eigenvalue weighted by Gasteiger charge is -2.03. The van der Waals surface area contributed by atoms with Crippen molar-refractivity contribution in [2.45, 2.75) is 26.3 Å². The van der Waals surface area contributed by atoms with Crippen molar-refractivity contribution in [1.29, 1.82) is 0 Å². The van der Waals surface area contributed by atoms with Gasteiger partial charge in [-0.05, 0) is 17.7 Å². The van der Waals surface area contributed by atoms with Gasteiger partial charge in [-0.1, -0.05) is 41.9 Å². The molecule has 0 atom stereocenters. The number of nitrogens with zero attached hydrogens (tertiary/aromatic N) is 3. The van der Waals surface area contributed by atoms with Gasteiger partial charge in [0, 0.05) is 10.4 Å². The second-order valence-electron chi connectivity index (χ2n) is 4.82. The lowest BCUT2D eigenvalue weighted by molar-refractivity contribution is -0.384. The summed E-state index contributed by atoms with van der Waals surface area (Å²) in [5.41, 5.74) is 7.18. The first-order valence-electron chi connectivity index (χ1n) is 6.15. The monoisotopic (exact) mass is 338 g/mol. The van der Waals surface area contributed by atoms with E-state index >= 15 is 0 Å². The van der Waals surface area contributed by atoms with Crippen LogP contribution in [0.3, 0.4) is 0 Å². The summed E-state index contributed by atoms with van der Waals surface area (Å²) in [6.45, 7) is 4.13. The largest absolute Gasteiger partial charge is 0.378 e. The minimum atomic E-state index is -0.463. The molecule has 0 aliphatic rings. The maximum atomic E-state index is 11.1. The van der Waals surface area contributed by atoms with Gasteiger partial charge in [-0.15, -0.1) is 0 Å². The molecule has 0 spiro atoms. The van der Waals surface area contributed by atoms with Gasteiger partial charge >= 0.3 is 5.69 Å². The van der Waals surface area contributed by atoms with E-state index in [1.54, 1.807) is 0 Å².